The van der Waals surface area contributed by atoms with Crippen molar-refractivity contribution in [3.05, 3.63) is 63.1 Å². The number of esters is 1. The number of nitrogens with zero attached hydrogens (tertiary/aromatic N) is 1. The SMILES string of the molecule is Cc1cc2c(c(=O)n1C)C(c1ccc(F)c(F)c1)CC(=O)O2. The fraction of sp³-hybridized carbons (Fsp3) is 0.250. The van der Waals surface area contributed by atoms with Gasteiger partial charge in [-0.3, -0.25) is 9.59 Å². The van der Waals surface area contributed by atoms with Gasteiger partial charge in [-0.25, -0.2) is 8.78 Å². The highest BCUT2D eigenvalue weighted by molar-refractivity contribution is 5.77. The van der Waals surface area contributed by atoms with E-state index in [1.54, 1.807) is 20.0 Å². The van der Waals surface area contributed by atoms with E-state index in [2.05, 4.69) is 0 Å². The Morgan fingerprint density at radius 1 is 1.18 bits per heavy atom. The topological polar surface area (TPSA) is 48.3 Å². The van der Waals surface area contributed by atoms with Crippen LogP contribution in [-0.2, 0) is 11.8 Å². The number of benzene rings is 1. The minimum absolute atomic E-state index is 0.0869. The van der Waals surface area contributed by atoms with Crippen molar-refractivity contribution in [1.82, 2.24) is 4.57 Å². The molecule has 1 unspecified atom stereocenters. The molecule has 1 atom stereocenters. The molecule has 0 saturated heterocycles. The van der Waals surface area contributed by atoms with Gasteiger partial charge in [-0.15, -0.1) is 0 Å². The maximum absolute atomic E-state index is 13.5. The molecule has 0 amide bonds. The fourth-order valence-corrected chi connectivity index (χ4v) is 2.66. The molecule has 6 heteroatoms. The van der Waals surface area contributed by atoms with E-state index >= 15 is 0 Å². The Bertz CT molecular complexity index is 842. The van der Waals surface area contributed by atoms with Crippen LogP contribution in [0.25, 0.3) is 0 Å². The molecular weight excluding hydrogens is 292 g/mol. The molecule has 2 aromatic rings. The van der Waals surface area contributed by atoms with Crippen LogP contribution in [0.3, 0.4) is 0 Å². The van der Waals surface area contributed by atoms with E-state index in [1.807, 2.05) is 0 Å². The highest BCUT2D eigenvalue weighted by Crippen LogP contribution is 2.37. The molecule has 0 fully saturated rings. The minimum Gasteiger partial charge on any atom is -0.426 e. The number of fused-ring (bicyclic) bond motifs is 1. The summed E-state index contributed by atoms with van der Waals surface area (Å²) in [5.41, 5.74) is 0.996. The molecule has 1 aromatic carbocycles. The third-order valence-corrected chi connectivity index (χ3v) is 3.96. The highest BCUT2D eigenvalue weighted by Gasteiger charge is 2.32. The molecule has 2 heterocycles. The predicted octanol–water partition coefficient (Wildman–Crippen LogP) is 2.41. The number of aryl methyl sites for hydroxylation is 1. The van der Waals surface area contributed by atoms with Crippen molar-refractivity contribution in [3.8, 4) is 5.75 Å². The van der Waals surface area contributed by atoms with Crippen LogP contribution in [0.15, 0.2) is 29.1 Å². The molecule has 0 aliphatic carbocycles. The van der Waals surface area contributed by atoms with Crippen molar-refractivity contribution in [2.24, 2.45) is 7.05 Å². The third-order valence-electron chi connectivity index (χ3n) is 3.96. The number of aromatic nitrogens is 1. The molecule has 4 nitrogen and oxygen atoms in total. The zero-order chi connectivity index (χ0) is 16.0. The van der Waals surface area contributed by atoms with Crippen molar-refractivity contribution < 1.29 is 18.3 Å². The van der Waals surface area contributed by atoms with Gasteiger partial charge in [0.1, 0.15) is 5.75 Å². The first kappa shape index (κ1) is 14.4. The average molecular weight is 305 g/mol. The van der Waals surface area contributed by atoms with Crippen LogP contribution < -0.4 is 10.3 Å². The number of pyridine rings is 1. The summed E-state index contributed by atoms with van der Waals surface area (Å²) in [6.45, 7) is 1.72. The van der Waals surface area contributed by atoms with Gasteiger partial charge in [0.25, 0.3) is 5.56 Å². The van der Waals surface area contributed by atoms with Crippen molar-refractivity contribution in [3.63, 3.8) is 0 Å². The largest absolute Gasteiger partial charge is 0.426 e. The van der Waals surface area contributed by atoms with Crippen LogP contribution in [0.5, 0.6) is 5.75 Å². The summed E-state index contributed by atoms with van der Waals surface area (Å²) >= 11 is 0. The second-order valence-corrected chi connectivity index (χ2v) is 5.33. The smallest absolute Gasteiger partial charge is 0.312 e. The molecule has 0 bridgehead atoms. The summed E-state index contributed by atoms with van der Waals surface area (Å²) in [6.07, 6.45) is -0.0869. The second-order valence-electron chi connectivity index (χ2n) is 5.33. The van der Waals surface area contributed by atoms with Crippen molar-refractivity contribution in [2.75, 3.05) is 0 Å². The summed E-state index contributed by atoms with van der Waals surface area (Å²) in [6, 6.07) is 4.98. The summed E-state index contributed by atoms with van der Waals surface area (Å²) in [7, 11) is 1.61. The molecule has 1 aliphatic heterocycles. The molecule has 22 heavy (non-hydrogen) atoms. The summed E-state index contributed by atoms with van der Waals surface area (Å²) in [4.78, 5) is 24.3. The Labute approximate surface area is 125 Å². The van der Waals surface area contributed by atoms with Gasteiger partial charge in [0.2, 0.25) is 0 Å². The molecule has 1 aliphatic rings. The van der Waals surface area contributed by atoms with Gasteiger partial charge in [0, 0.05) is 24.7 Å². The lowest BCUT2D eigenvalue weighted by Gasteiger charge is -2.25. The Morgan fingerprint density at radius 3 is 2.59 bits per heavy atom. The van der Waals surface area contributed by atoms with Crippen LogP contribution in [0.1, 0.15) is 29.2 Å². The summed E-state index contributed by atoms with van der Waals surface area (Å²) < 4.78 is 33.1. The predicted molar refractivity (Wildman–Crippen MR) is 74.9 cm³/mol. The first-order chi connectivity index (χ1) is 10.4. The fourth-order valence-electron chi connectivity index (χ4n) is 2.66. The zero-order valence-electron chi connectivity index (χ0n) is 12.0. The molecule has 0 spiro atoms. The lowest BCUT2D eigenvalue weighted by atomic mass is 9.87. The van der Waals surface area contributed by atoms with Crippen molar-refractivity contribution >= 4 is 5.97 Å². The molecule has 3 rings (SSSR count). The van der Waals surface area contributed by atoms with E-state index in [9.17, 15) is 18.4 Å². The highest BCUT2D eigenvalue weighted by atomic mass is 19.2. The number of halogens is 2. The first-order valence-electron chi connectivity index (χ1n) is 6.74. The van der Waals surface area contributed by atoms with E-state index in [1.165, 1.54) is 10.6 Å². The lowest BCUT2D eigenvalue weighted by molar-refractivity contribution is -0.135. The van der Waals surface area contributed by atoms with Crippen LogP contribution in [-0.4, -0.2) is 10.5 Å². The molecule has 1 aromatic heterocycles. The Hall–Kier alpha value is -2.50. The van der Waals surface area contributed by atoms with Gasteiger partial charge in [0.15, 0.2) is 11.6 Å². The van der Waals surface area contributed by atoms with E-state index in [-0.39, 0.29) is 17.7 Å². The van der Waals surface area contributed by atoms with Gasteiger partial charge < -0.3 is 9.30 Å². The minimum atomic E-state index is -1.01. The average Bonchev–Trinajstić information content (AvgIpc) is 2.46. The first-order valence-corrected chi connectivity index (χ1v) is 6.74. The maximum Gasteiger partial charge on any atom is 0.312 e. The van der Waals surface area contributed by atoms with Crippen LogP contribution in [0.2, 0.25) is 0 Å². The van der Waals surface area contributed by atoms with Gasteiger partial charge >= 0.3 is 5.97 Å². The number of rotatable bonds is 1. The summed E-state index contributed by atoms with van der Waals surface area (Å²) in [5, 5.41) is 0. The number of ether oxygens (including phenoxy) is 1. The number of carbonyl (C=O) groups excluding carboxylic acids is 1. The van der Waals surface area contributed by atoms with E-state index in [0.717, 1.165) is 12.1 Å². The number of hydrogen-bond donors (Lipinski definition) is 0. The zero-order valence-corrected chi connectivity index (χ0v) is 12.0. The van der Waals surface area contributed by atoms with Crippen molar-refractivity contribution in [1.29, 1.82) is 0 Å². The molecule has 0 N–H and O–H groups in total. The van der Waals surface area contributed by atoms with E-state index in [4.69, 9.17) is 4.74 Å². The Kier molecular flexibility index (Phi) is 3.31. The van der Waals surface area contributed by atoms with Gasteiger partial charge in [-0.1, -0.05) is 6.07 Å². The van der Waals surface area contributed by atoms with Gasteiger partial charge in [0.05, 0.1) is 12.0 Å². The van der Waals surface area contributed by atoms with Crippen molar-refractivity contribution in [2.45, 2.75) is 19.3 Å². The standard InChI is InChI=1S/C16H13F2NO3/c1-8-5-13-15(16(21)19(8)2)10(7-14(20)22-13)9-3-4-11(17)12(18)6-9/h3-6,10H,7H2,1-2H3. The van der Waals surface area contributed by atoms with Crippen LogP contribution in [0.4, 0.5) is 8.78 Å². The molecular formula is C16H13F2NO3. The maximum atomic E-state index is 13.5. The van der Waals surface area contributed by atoms with Gasteiger partial charge in [-0.2, -0.15) is 0 Å². The lowest BCUT2D eigenvalue weighted by Crippen LogP contribution is -2.32. The van der Waals surface area contributed by atoms with E-state index < -0.39 is 23.5 Å². The quantitative estimate of drug-likeness (QED) is 0.760. The van der Waals surface area contributed by atoms with Crippen LogP contribution in [0, 0.1) is 18.6 Å². The monoisotopic (exact) mass is 305 g/mol. The molecule has 0 saturated carbocycles. The normalized spacial score (nSPS) is 17.1. The number of carbonyl (C=O) groups is 1. The third kappa shape index (κ3) is 2.20. The molecule has 114 valence electrons. The number of hydrogen-bond acceptors (Lipinski definition) is 3. The van der Waals surface area contributed by atoms with E-state index in [0.29, 0.717) is 16.8 Å². The Morgan fingerprint density at radius 2 is 1.91 bits per heavy atom. The Balaban J connectivity index is 2.23. The summed E-state index contributed by atoms with van der Waals surface area (Å²) in [5.74, 6) is -2.95. The van der Waals surface area contributed by atoms with Gasteiger partial charge in [-0.05, 0) is 24.6 Å². The van der Waals surface area contributed by atoms with Crippen LogP contribution >= 0.6 is 0 Å². The second kappa shape index (κ2) is 5.05. The molecule has 0 radical (unpaired) electrons.